The summed E-state index contributed by atoms with van der Waals surface area (Å²) in [5.74, 6) is 0.156. The Morgan fingerprint density at radius 1 is 1.35 bits per heavy atom. The maximum Gasteiger partial charge on any atom is 0.251 e. The molecule has 1 amide bonds. The molecule has 2 bridgehead atoms. The minimum Gasteiger partial charge on any atom is -0.504 e. The number of ether oxygens (including phenoxy) is 1. The second-order valence-electron chi connectivity index (χ2n) is 10.0. The van der Waals surface area contributed by atoms with E-state index >= 15 is 0 Å². The number of nitrogens with zero attached hydrogens (tertiary/aromatic N) is 3. The summed E-state index contributed by atoms with van der Waals surface area (Å²) < 4.78 is 11.5. The van der Waals surface area contributed by atoms with Gasteiger partial charge in [-0.3, -0.25) is 19.8 Å². The Morgan fingerprint density at radius 2 is 2.18 bits per heavy atom. The average Bonchev–Trinajstić information content (AvgIpc) is 3.46. The van der Waals surface area contributed by atoms with Crippen molar-refractivity contribution in [1.82, 2.24) is 9.80 Å². The Bertz CT molecular complexity index is 1210. The van der Waals surface area contributed by atoms with Crippen LogP contribution in [-0.2, 0) is 16.6 Å². The summed E-state index contributed by atoms with van der Waals surface area (Å²) in [7, 11) is 3.69. The highest BCUT2D eigenvalue weighted by Gasteiger charge is 2.80. The van der Waals surface area contributed by atoms with Gasteiger partial charge >= 0.3 is 0 Å². The zero-order valence-corrected chi connectivity index (χ0v) is 19.1. The number of phenols is 1. The summed E-state index contributed by atoms with van der Waals surface area (Å²) >= 11 is 0. The van der Waals surface area contributed by atoms with Crippen LogP contribution in [0.1, 0.15) is 36.0 Å². The number of furan rings is 1. The fourth-order valence-corrected chi connectivity index (χ4v) is 7.32. The van der Waals surface area contributed by atoms with E-state index in [1.54, 1.807) is 42.7 Å². The first-order valence-electron chi connectivity index (χ1n) is 11.6. The zero-order valence-electron chi connectivity index (χ0n) is 19.1. The van der Waals surface area contributed by atoms with Crippen LogP contribution in [0.2, 0.25) is 0 Å². The standard InChI is InChI=1S/C25H27N3O6/c1-26-11-10-24-21-16-4-5-18(29)22(21)34-23(24)17(7-9-25(24,28(31)32)19(26)13-16)27(2)20(30)6-3-15-8-12-33-14-15/h3-6,8,12,14,17,19,23,29H,7,9-11,13H2,1-2H3/b6-3+/t17-,19+,23-,24-,25+/m0/s1. The lowest BCUT2D eigenvalue weighted by Crippen LogP contribution is -2.80. The van der Waals surface area contributed by atoms with Crippen LogP contribution >= 0.6 is 0 Å². The van der Waals surface area contributed by atoms with E-state index in [9.17, 15) is 20.0 Å². The van der Waals surface area contributed by atoms with Crippen LogP contribution in [0.25, 0.3) is 6.08 Å². The molecule has 1 saturated carbocycles. The number of nitro groups is 1. The van der Waals surface area contributed by atoms with Gasteiger partial charge in [-0.2, -0.15) is 0 Å². The molecule has 2 aliphatic carbocycles. The van der Waals surface area contributed by atoms with Gasteiger partial charge in [0.25, 0.3) is 5.54 Å². The molecule has 34 heavy (non-hydrogen) atoms. The number of likely N-dealkylation sites (tertiary alicyclic amines) is 1. The SMILES string of the molecule is CN1CC[C@]23c4c5ccc(O)c4O[C@H]2[C@@H](N(C)C(=O)/C=C/c2ccoc2)CC[C@@]3([N+](=O)[O-])[C@H]1C5. The number of hydrogen-bond acceptors (Lipinski definition) is 7. The molecule has 2 aliphatic heterocycles. The predicted octanol–water partition coefficient (Wildman–Crippen LogP) is 2.59. The third-order valence-corrected chi connectivity index (χ3v) is 8.83. The fraction of sp³-hybridized carbons (Fsp3) is 0.480. The van der Waals surface area contributed by atoms with Crippen LogP contribution in [0.15, 0.2) is 41.2 Å². The maximum absolute atomic E-state index is 13.1. The molecule has 1 spiro atoms. The Balaban J connectivity index is 1.46. The summed E-state index contributed by atoms with van der Waals surface area (Å²) in [4.78, 5) is 29.7. The molecular formula is C25H27N3O6. The molecule has 1 aromatic heterocycles. The molecule has 9 nitrogen and oxygen atoms in total. The number of phenolic OH excluding ortho intramolecular Hbond substituents is 1. The first-order valence-corrected chi connectivity index (χ1v) is 11.6. The third-order valence-electron chi connectivity index (χ3n) is 8.83. The van der Waals surface area contributed by atoms with E-state index < -0.39 is 17.1 Å². The molecule has 1 saturated heterocycles. The van der Waals surface area contributed by atoms with Gasteiger partial charge in [-0.25, -0.2) is 0 Å². The number of amides is 1. The molecule has 6 rings (SSSR count). The van der Waals surface area contributed by atoms with E-state index in [1.807, 2.05) is 13.1 Å². The second kappa shape index (κ2) is 7.09. The van der Waals surface area contributed by atoms with Crippen LogP contribution in [0.5, 0.6) is 11.5 Å². The van der Waals surface area contributed by atoms with Crippen LogP contribution in [0, 0.1) is 10.1 Å². The number of carbonyl (C=O) groups excluding carboxylic acids is 1. The fourth-order valence-electron chi connectivity index (χ4n) is 7.32. The lowest BCUT2D eigenvalue weighted by molar-refractivity contribution is -0.605. The van der Waals surface area contributed by atoms with Gasteiger partial charge in [-0.05, 0) is 56.6 Å². The van der Waals surface area contributed by atoms with E-state index in [0.717, 1.165) is 16.7 Å². The van der Waals surface area contributed by atoms with E-state index in [0.29, 0.717) is 38.0 Å². The van der Waals surface area contributed by atoms with Crippen molar-refractivity contribution in [3.63, 3.8) is 0 Å². The number of benzene rings is 1. The van der Waals surface area contributed by atoms with Gasteiger partial charge in [-0.1, -0.05) is 6.07 Å². The van der Waals surface area contributed by atoms with Gasteiger partial charge in [0.05, 0.1) is 24.6 Å². The van der Waals surface area contributed by atoms with Crippen molar-refractivity contribution in [3.05, 3.63) is 63.6 Å². The summed E-state index contributed by atoms with van der Waals surface area (Å²) in [6.07, 6.45) is 7.53. The maximum atomic E-state index is 13.1. The lowest BCUT2D eigenvalue weighted by Gasteiger charge is -2.61. The molecule has 0 radical (unpaired) electrons. The summed E-state index contributed by atoms with van der Waals surface area (Å²) in [6, 6.07) is 4.62. The number of carbonyl (C=O) groups is 1. The van der Waals surface area contributed by atoms with Crippen molar-refractivity contribution in [2.24, 2.45) is 0 Å². The van der Waals surface area contributed by atoms with Gasteiger partial charge in [0, 0.05) is 35.6 Å². The Hall–Kier alpha value is -3.33. The van der Waals surface area contributed by atoms with E-state index in [4.69, 9.17) is 9.15 Å². The van der Waals surface area contributed by atoms with Crippen molar-refractivity contribution in [1.29, 1.82) is 0 Å². The quantitative estimate of drug-likeness (QED) is 0.420. The first kappa shape index (κ1) is 21.2. The molecule has 5 atom stereocenters. The number of piperidine rings is 1. The van der Waals surface area contributed by atoms with Gasteiger partial charge in [-0.15, -0.1) is 0 Å². The van der Waals surface area contributed by atoms with Crippen LogP contribution < -0.4 is 4.74 Å². The van der Waals surface area contributed by atoms with Crippen molar-refractivity contribution < 1.29 is 24.0 Å². The molecule has 1 aromatic carbocycles. The molecule has 0 unspecified atom stereocenters. The Labute approximate surface area is 196 Å². The van der Waals surface area contributed by atoms with Crippen LogP contribution in [0.3, 0.4) is 0 Å². The highest BCUT2D eigenvalue weighted by molar-refractivity contribution is 5.91. The molecule has 9 heteroatoms. The molecule has 2 aromatic rings. The number of hydrogen-bond donors (Lipinski definition) is 1. The van der Waals surface area contributed by atoms with Crippen LogP contribution in [-0.4, -0.2) is 70.1 Å². The minimum absolute atomic E-state index is 0.00438. The summed E-state index contributed by atoms with van der Waals surface area (Å²) in [6.45, 7) is 0.694. The van der Waals surface area contributed by atoms with E-state index in [1.165, 1.54) is 6.08 Å². The zero-order chi connectivity index (χ0) is 23.8. The number of aromatic hydroxyl groups is 1. The topological polar surface area (TPSA) is 109 Å². The highest BCUT2D eigenvalue weighted by Crippen LogP contribution is 2.66. The minimum atomic E-state index is -1.23. The van der Waals surface area contributed by atoms with Crippen molar-refractivity contribution >= 4 is 12.0 Å². The average molecular weight is 466 g/mol. The molecule has 4 aliphatic rings. The Kier molecular flexibility index (Phi) is 4.42. The van der Waals surface area contributed by atoms with Crippen molar-refractivity contribution in [3.8, 4) is 11.5 Å². The van der Waals surface area contributed by atoms with Gasteiger partial charge < -0.3 is 19.2 Å². The molecule has 2 fully saturated rings. The second-order valence-corrected chi connectivity index (χ2v) is 10.0. The number of likely N-dealkylation sites (N-methyl/N-ethyl adjacent to an activating group) is 2. The molecule has 3 heterocycles. The third kappa shape index (κ3) is 2.45. The normalized spacial score (nSPS) is 33.4. The monoisotopic (exact) mass is 465 g/mol. The predicted molar refractivity (Wildman–Crippen MR) is 122 cm³/mol. The van der Waals surface area contributed by atoms with Gasteiger partial charge in [0.1, 0.15) is 11.5 Å². The van der Waals surface area contributed by atoms with Gasteiger partial charge in [0.15, 0.2) is 11.5 Å². The number of rotatable bonds is 4. The smallest absolute Gasteiger partial charge is 0.251 e. The van der Waals surface area contributed by atoms with Crippen LogP contribution in [0.4, 0.5) is 0 Å². The van der Waals surface area contributed by atoms with E-state index in [-0.39, 0.29) is 28.7 Å². The molecular weight excluding hydrogens is 438 g/mol. The van der Waals surface area contributed by atoms with Crippen molar-refractivity contribution in [2.75, 3.05) is 20.6 Å². The first-order chi connectivity index (χ1) is 16.3. The highest BCUT2D eigenvalue weighted by atomic mass is 16.6. The summed E-state index contributed by atoms with van der Waals surface area (Å²) in [5.41, 5.74) is 0.433. The Morgan fingerprint density at radius 3 is 2.91 bits per heavy atom. The van der Waals surface area contributed by atoms with Crippen molar-refractivity contribution in [2.45, 2.75) is 54.8 Å². The largest absolute Gasteiger partial charge is 0.504 e. The van der Waals surface area contributed by atoms with E-state index in [2.05, 4.69) is 4.90 Å². The lowest BCUT2D eigenvalue weighted by atomic mass is 9.47. The molecule has 178 valence electrons. The van der Waals surface area contributed by atoms with Gasteiger partial charge in [0.2, 0.25) is 5.91 Å². The molecule has 1 N–H and O–H groups in total. The summed E-state index contributed by atoms with van der Waals surface area (Å²) in [5, 5.41) is 23.6.